The van der Waals surface area contributed by atoms with Gasteiger partial charge in [0, 0.05) is 5.69 Å². The normalized spacial score (nSPS) is 20.6. The van der Waals surface area contributed by atoms with Crippen molar-refractivity contribution < 1.29 is 18.0 Å². The highest BCUT2D eigenvalue weighted by molar-refractivity contribution is 8.02. The predicted octanol–water partition coefficient (Wildman–Crippen LogP) is 3.96. The van der Waals surface area contributed by atoms with Gasteiger partial charge in [0.25, 0.3) is 5.91 Å². The van der Waals surface area contributed by atoms with Crippen molar-refractivity contribution in [3.8, 4) is 0 Å². The van der Waals surface area contributed by atoms with E-state index in [2.05, 4.69) is 0 Å². The van der Waals surface area contributed by atoms with Crippen molar-refractivity contribution in [1.82, 2.24) is 0 Å². The molecule has 1 aromatic carbocycles. The van der Waals surface area contributed by atoms with Crippen LogP contribution >= 0.6 is 35.0 Å². The SMILES string of the molecule is O=C1C(Cl)SCN1c1ccc(Cl)c(C(F)(F)F)c1. The molecule has 1 unspecified atom stereocenters. The molecular formula is C10H6Cl2F3NOS. The minimum absolute atomic E-state index is 0.146. The number of rotatable bonds is 1. The first-order valence-electron chi connectivity index (χ1n) is 4.74. The van der Waals surface area contributed by atoms with Crippen molar-refractivity contribution in [2.24, 2.45) is 0 Å². The molecule has 8 heteroatoms. The van der Waals surface area contributed by atoms with Gasteiger partial charge in [-0.1, -0.05) is 11.6 Å². The van der Waals surface area contributed by atoms with E-state index in [0.717, 1.165) is 23.9 Å². The average Bonchev–Trinajstić information content (AvgIpc) is 2.59. The molecule has 1 saturated heterocycles. The summed E-state index contributed by atoms with van der Waals surface area (Å²) in [5, 5.41) is -0.395. The summed E-state index contributed by atoms with van der Waals surface area (Å²) in [5.74, 6) is -0.191. The molecule has 0 radical (unpaired) electrons. The third-order valence-corrected chi connectivity index (χ3v) is 4.17. The van der Waals surface area contributed by atoms with Crippen LogP contribution in [-0.4, -0.2) is 16.5 Å². The van der Waals surface area contributed by atoms with Crippen LogP contribution < -0.4 is 4.90 Å². The van der Waals surface area contributed by atoms with Gasteiger partial charge in [-0.05, 0) is 18.2 Å². The van der Waals surface area contributed by atoms with Gasteiger partial charge in [0.05, 0.1) is 16.5 Å². The number of nitrogens with zero attached hydrogens (tertiary/aromatic N) is 1. The van der Waals surface area contributed by atoms with E-state index in [0.29, 0.717) is 0 Å². The van der Waals surface area contributed by atoms with Crippen LogP contribution in [0.2, 0.25) is 5.02 Å². The second-order valence-corrected chi connectivity index (χ2v) is 5.71. The molecule has 0 aromatic heterocycles. The fraction of sp³-hybridized carbons (Fsp3) is 0.300. The van der Waals surface area contributed by atoms with E-state index in [1.165, 1.54) is 11.0 Å². The topological polar surface area (TPSA) is 20.3 Å². The molecule has 0 spiro atoms. The predicted molar refractivity (Wildman–Crippen MR) is 66.0 cm³/mol. The number of carbonyl (C=O) groups is 1. The standard InChI is InChI=1S/C10H6Cl2F3NOS/c11-7-2-1-5(3-6(7)10(13,14)15)16-4-18-8(12)9(16)17/h1-3,8H,4H2. The second kappa shape index (κ2) is 4.83. The summed E-state index contributed by atoms with van der Waals surface area (Å²) >= 11 is 12.3. The van der Waals surface area contributed by atoms with Crippen molar-refractivity contribution in [3.05, 3.63) is 28.8 Å². The van der Waals surface area contributed by atoms with Crippen molar-refractivity contribution >= 4 is 46.6 Å². The molecule has 2 nitrogen and oxygen atoms in total. The summed E-state index contributed by atoms with van der Waals surface area (Å²) in [5.41, 5.74) is -0.815. The Morgan fingerprint density at radius 3 is 2.56 bits per heavy atom. The lowest BCUT2D eigenvalue weighted by Gasteiger charge is -2.17. The fourth-order valence-electron chi connectivity index (χ4n) is 1.50. The van der Waals surface area contributed by atoms with E-state index in [4.69, 9.17) is 23.2 Å². The quantitative estimate of drug-likeness (QED) is 0.731. The lowest BCUT2D eigenvalue weighted by atomic mass is 10.2. The number of amides is 1. The average molecular weight is 316 g/mol. The Morgan fingerprint density at radius 1 is 1.39 bits per heavy atom. The smallest absolute Gasteiger partial charge is 0.301 e. The first-order chi connectivity index (χ1) is 8.30. The van der Waals surface area contributed by atoms with Crippen LogP contribution in [0.15, 0.2) is 18.2 Å². The summed E-state index contributed by atoms with van der Waals surface area (Å²) in [6.07, 6.45) is -4.55. The maximum atomic E-state index is 12.7. The number of halogens is 5. The van der Waals surface area contributed by atoms with Crippen LogP contribution in [0.5, 0.6) is 0 Å². The van der Waals surface area contributed by atoms with Gasteiger partial charge < -0.3 is 4.90 Å². The molecule has 0 N–H and O–H groups in total. The zero-order valence-electron chi connectivity index (χ0n) is 8.67. The number of carbonyl (C=O) groups excluding carboxylic acids is 1. The van der Waals surface area contributed by atoms with Gasteiger partial charge in [-0.25, -0.2) is 0 Å². The van der Waals surface area contributed by atoms with E-state index in [9.17, 15) is 18.0 Å². The molecule has 2 rings (SSSR count). The highest BCUT2D eigenvalue weighted by atomic mass is 35.5. The Hall–Kier alpha value is -0.590. The number of alkyl halides is 4. The Bertz CT molecular complexity index is 495. The maximum absolute atomic E-state index is 12.7. The Balaban J connectivity index is 2.39. The molecule has 1 fully saturated rings. The van der Waals surface area contributed by atoms with Gasteiger partial charge in [0.2, 0.25) is 0 Å². The number of hydrogen-bond donors (Lipinski definition) is 0. The van der Waals surface area contributed by atoms with E-state index in [1.54, 1.807) is 0 Å². The Morgan fingerprint density at radius 2 is 2.06 bits per heavy atom. The zero-order chi connectivity index (χ0) is 13.5. The summed E-state index contributed by atoms with van der Waals surface area (Å²) in [4.78, 5) is 12.8. The summed E-state index contributed by atoms with van der Waals surface area (Å²) in [7, 11) is 0. The van der Waals surface area contributed by atoms with Crippen LogP contribution in [0.4, 0.5) is 18.9 Å². The molecule has 0 bridgehead atoms. The van der Waals surface area contributed by atoms with E-state index in [1.807, 2.05) is 0 Å². The Labute approximate surface area is 115 Å². The maximum Gasteiger partial charge on any atom is 0.417 e. The van der Waals surface area contributed by atoms with Crippen molar-refractivity contribution in [2.45, 2.75) is 10.9 Å². The summed E-state index contributed by atoms with van der Waals surface area (Å²) in [6, 6.07) is 3.35. The molecule has 1 aliphatic heterocycles. The molecule has 1 amide bonds. The van der Waals surface area contributed by atoms with Gasteiger partial charge in [0.15, 0.2) is 4.71 Å². The van der Waals surface area contributed by atoms with E-state index < -0.39 is 27.4 Å². The minimum Gasteiger partial charge on any atom is -0.301 e. The summed E-state index contributed by atoms with van der Waals surface area (Å²) < 4.78 is 37.3. The van der Waals surface area contributed by atoms with E-state index in [-0.39, 0.29) is 11.6 Å². The molecule has 1 aliphatic rings. The first-order valence-corrected chi connectivity index (χ1v) is 6.61. The van der Waals surface area contributed by atoms with Gasteiger partial charge in [-0.15, -0.1) is 23.4 Å². The van der Waals surface area contributed by atoms with Crippen LogP contribution in [-0.2, 0) is 11.0 Å². The first kappa shape index (κ1) is 13.8. The van der Waals surface area contributed by atoms with Gasteiger partial charge >= 0.3 is 6.18 Å². The highest BCUT2D eigenvalue weighted by Crippen LogP contribution is 2.39. The van der Waals surface area contributed by atoms with E-state index >= 15 is 0 Å². The molecular weight excluding hydrogens is 310 g/mol. The summed E-state index contributed by atoms with van der Waals surface area (Å²) in [6.45, 7) is 0. The molecule has 18 heavy (non-hydrogen) atoms. The molecule has 0 saturated carbocycles. The lowest BCUT2D eigenvalue weighted by Crippen LogP contribution is -2.27. The number of benzene rings is 1. The Kier molecular flexibility index (Phi) is 3.71. The molecule has 0 aliphatic carbocycles. The molecule has 1 heterocycles. The minimum atomic E-state index is -4.55. The third kappa shape index (κ3) is 2.55. The van der Waals surface area contributed by atoms with Gasteiger partial charge in [-0.3, -0.25) is 4.79 Å². The number of thioether (sulfide) groups is 1. The zero-order valence-corrected chi connectivity index (χ0v) is 11.0. The number of anilines is 1. The lowest BCUT2D eigenvalue weighted by molar-refractivity contribution is -0.137. The third-order valence-electron chi connectivity index (χ3n) is 2.38. The monoisotopic (exact) mass is 315 g/mol. The largest absolute Gasteiger partial charge is 0.417 e. The van der Waals surface area contributed by atoms with Gasteiger partial charge in [0.1, 0.15) is 0 Å². The van der Waals surface area contributed by atoms with Crippen LogP contribution in [0.25, 0.3) is 0 Å². The highest BCUT2D eigenvalue weighted by Gasteiger charge is 2.36. The van der Waals surface area contributed by atoms with Gasteiger partial charge in [-0.2, -0.15) is 13.2 Å². The number of hydrogen-bond acceptors (Lipinski definition) is 2. The molecule has 98 valence electrons. The van der Waals surface area contributed by atoms with Crippen molar-refractivity contribution in [3.63, 3.8) is 0 Å². The van der Waals surface area contributed by atoms with Crippen LogP contribution in [0, 0.1) is 0 Å². The fourth-order valence-corrected chi connectivity index (χ4v) is 2.84. The molecule has 1 aromatic rings. The molecule has 1 atom stereocenters. The second-order valence-electron chi connectivity index (χ2n) is 3.54. The van der Waals surface area contributed by atoms with Crippen molar-refractivity contribution in [2.75, 3.05) is 10.8 Å². The van der Waals surface area contributed by atoms with Crippen LogP contribution in [0.3, 0.4) is 0 Å². The van der Waals surface area contributed by atoms with Crippen molar-refractivity contribution in [1.29, 1.82) is 0 Å². The van der Waals surface area contributed by atoms with Crippen LogP contribution in [0.1, 0.15) is 5.56 Å².